The van der Waals surface area contributed by atoms with Gasteiger partial charge < -0.3 is 0 Å². The van der Waals surface area contributed by atoms with Crippen molar-refractivity contribution < 1.29 is 0 Å². The largest absolute Gasteiger partial charge is 0.0901 e. The number of fused-ring (bicyclic) bond motifs is 1. The average Bonchev–Trinajstić information content (AvgIpc) is 3.10. The average molecular weight is 627 g/mol. The SMILES string of the molecule is CC.CC.Cc1ccc(C(C)(C)c2ccc(C)cc2)cc1.Cc1ccc(Sc2ccc(C)cc2)cc1.c1ccc2ccccc2c1. The summed E-state index contributed by atoms with van der Waals surface area (Å²) in [6.07, 6.45) is 0. The van der Waals surface area contributed by atoms with E-state index in [9.17, 15) is 0 Å². The number of hydrogen-bond acceptors (Lipinski definition) is 1. The van der Waals surface area contributed by atoms with E-state index < -0.39 is 0 Å². The Morgan fingerprint density at radius 2 is 0.587 bits per heavy atom. The van der Waals surface area contributed by atoms with Crippen LogP contribution in [0.25, 0.3) is 10.8 Å². The second kappa shape index (κ2) is 20.1. The van der Waals surface area contributed by atoms with Gasteiger partial charge in [0.15, 0.2) is 0 Å². The molecule has 0 N–H and O–H groups in total. The van der Waals surface area contributed by atoms with E-state index in [1.165, 1.54) is 53.9 Å². The molecule has 6 aromatic rings. The van der Waals surface area contributed by atoms with Crippen molar-refractivity contribution in [1.82, 2.24) is 0 Å². The lowest BCUT2D eigenvalue weighted by Gasteiger charge is -2.26. The van der Waals surface area contributed by atoms with Gasteiger partial charge in [0.2, 0.25) is 0 Å². The quantitative estimate of drug-likeness (QED) is 0.188. The van der Waals surface area contributed by atoms with Crippen molar-refractivity contribution in [3.63, 3.8) is 0 Å². The first kappa shape index (κ1) is 38.1. The van der Waals surface area contributed by atoms with Crippen LogP contribution >= 0.6 is 11.8 Å². The fourth-order valence-corrected chi connectivity index (χ4v) is 5.41. The summed E-state index contributed by atoms with van der Waals surface area (Å²) in [6.45, 7) is 21.0. The van der Waals surface area contributed by atoms with Crippen LogP contribution in [0.15, 0.2) is 155 Å². The van der Waals surface area contributed by atoms with E-state index >= 15 is 0 Å². The van der Waals surface area contributed by atoms with E-state index in [-0.39, 0.29) is 5.41 Å². The molecule has 46 heavy (non-hydrogen) atoms. The lowest BCUT2D eigenvalue weighted by Crippen LogP contribution is -2.18. The minimum atomic E-state index is 0.0708. The summed E-state index contributed by atoms with van der Waals surface area (Å²) in [4.78, 5) is 2.59. The van der Waals surface area contributed by atoms with Gasteiger partial charge >= 0.3 is 0 Å². The van der Waals surface area contributed by atoms with Gasteiger partial charge in [-0.15, -0.1) is 0 Å². The number of rotatable bonds is 4. The molecule has 0 spiro atoms. The summed E-state index contributed by atoms with van der Waals surface area (Å²) in [7, 11) is 0. The Balaban J connectivity index is 0.000000233. The van der Waals surface area contributed by atoms with Crippen LogP contribution in [0.3, 0.4) is 0 Å². The van der Waals surface area contributed by atoms with Crippen molar-refractivity contribution in [1.29, 1.82) is 0 Å². The zero-order valence-electron chi connectivity index (χ0n) is 29.8. The van der Waals surface area contributed by atoms with Crippen molar-refractivity contribution in [3.05, 3.63) is 179 Å². The highest BCUT2D eigenvalue weighted by molar-refractivity contribution is 7.99. The maximum atomic E-state index is 2.28. The normalized spacial score (nSPS) is 10.0. The fraction of sp³-hybridized carbons (Fsp3) is 0.244. The van der Waals surface area contributed by atoms with Gasteiger partial charge in [0, 0.05) is 15.2 Å². The van der Waals surface area contributed by atoms with Crippen LogP contribution in [-0.2, 0) is 5.41 Å². The van der Waals surface area contributed by atoms with Crippen molar-refractivity contribution in [2.24, 2.45) is 0 Å². The molecule has 6 aromatic carbocycles. The van der Waals surface area contributed by atoms with Gasteiger partial charge in [0.05, 0.1) is 0 Å². The number of aryl methyl sites for hydroxylation is 4. The Morgan fingerprint density at radius 3 is 0.848 bits per heavy atom. The molecule has 1 heteroatoms. The molecule has 240 valence electrons. The predicted octanol–water partition coefficient (Wildman–Crippen LogP) is 14.0. The van der Waals surface area contributed by atoms with Gasteiger partial charge in [0.25, 0.3) is 0 Å². The van der Waals surface area contributed by atoms with Crippen LogP contribution in [0.5, 0.6) is 0 Å². The molecular formula is C45H54S. The van der Waals surface area contributed by atoms with Gasteiger partial charge in [-0.05, 0) is 73.9 Å². The van der Waals surface area contributed by atoms with Crippen LogP contribution in [-0.4, -0.2) is 0 Å². The highest BCUT2D eigenvalue weighted by Crippen LogP contribution is 2.31. The molecule has 0 unspecified atom stereocenters. The molecule has 0 amide bonds. The zero-order chi connectivity index (χ0) is 34.0. The monoisotopic (exact) mass is 626 g/mol. The van der Waals surface area contributed by atoms with Gasteiger partial charge in [-0.3, -0.25) is 0 Å². The summed E-state index contributed by atoms with van der Waals surface area (Å²) in [5, 5.41) is 2.62. The Morgan fingerprint density at radius 1 is 0.348 bits per heavy atom. The topological polar surface area (TPSA) is 0 Å². The van der Waals surface area contributed by atoms with Crippen molar-refractivity contribution >= 4 is 22.5 Å². The molecule has 0 fully saturated rings. The van der Waals surface area contributed by atoms with Crippen LogP contribution in [0, 0.1) is 27.7 Å². The van der Waals surface area contributed by atoms with Gasteiger partial charge in [-0.25, -0.2) is 0 Å². The zero-order valence-corrected chi connectivity index (χ0v) is 30.6. The fourth-order valence-electron chi connectivity index (χ4n) is 4.59. The Bertz CT molecular complexity index is 1500. The predicted molar refractivity (Wildman–Crippen MR) is 208 cm³/mol. The van der Waals surface area contributed by atoms with E-state index in [1.54, 1.807) is 11.8 Å². The molecule has 0 aromatic heterocycles. The molecule has 0 saturated heterocycles. The van der Waals surface area contributed by atoms with Crippen molar-refractivity contribution in [2.45, 2.75) is 84.4 Å². The molecule has 0 aliphatic heterocycles. The molecule has 0 bridgehead atoms. The van der Waals surface area contributed by atoms with Crippen LogP contribution < -0.4 is 0 Å². The van der Waals surface area contributed by atoms with Gasteiger partial charge in [-0.1, -0.05) is 197 Å². The molecule has 0 heterocycles. The summed E-state index contributed by atoms with van der Waals surface area (Å²) in [5.41, 5.74) is 8.05. The minimum Gasteiger partial charge on any atom is -0.0901 e. The minimum absolute atomic E-state index is 0.0708. The first-order chi connectivity index (χ1) is 22.2. The summed E-state index contributed by atoms with van der Waals surface area (Å²) >= 11 is 1.80. The van der Waals surface area contributed by atoms with Crippen molar-refractivity contribution in [3.8, 4) is 0 Å². The Hall–Kier alpha value is -4.07. The van der Waals surface area contributed by atoms with Crippen LogP contribution in [0.1, 0.15) is 74.9 Å². The van der Waals surface area contributed by atoms with E-state index in [2.05, 4.69) is 187 Å². The highest BCUT2D eigenvalue weighted by atomic mass is 32.2. The molecule has 0 aliphatic rings. The van der Waals surface area contributed by atoms with E-state index in [1.807, 2.05) is 27.7 Å². The standard InChI is InChI=1S/C17H20.C14H14S.C10H8.2C2H6/c1-13-5-9-15(10-6-13)17(3,4)16-11-7-14(2)8-12-16;1-11-3-7-13(8-4-11)15-14-9-5-12(2)6-10-14;1-2-6-10-8-4-3-7-9(10)5-1;2*1-2/h5-12H,1-4H3;3-10H,1-2H3;1-8H;2*1-2H3. The third-order valence-corrected chi connectivity index (χ3v) is 8.50. The Labute approximate surface area is 285 Å². The third kappa shape index (κ3) is 12.4. The Kier molecular flexibility index (Phi) is 16.7. The molecule has 0 atom stereocenters. The van der Waals surface area contributed by atoms with E-state index in [4.69, 9.17) is 0 Å². The number of benzene rings is 6. The maximum Gasteiger partial charge on any atom is 0.0146 e. The molecule has 0 nitrogen and oxygen atoms in total. The molecule has 0 aliphatic carbocycles. The van der Waals surface area contributed by atoms with Crippen molar-refractivity contribution in [2.75, 3.05) is 0 Å². The van der Waals surface area contributed by atoms with E-state index in [0.29, 0.717) is 0 Å². The lowest BCUT2D eigenvalue weighted by atomic mass is 9.78. The van der Waals surface area contributed by atoms with Gasteiger partial charge in [0.1, 0.15) is 0 Å². The third-order valence-electron chi connectivity index (χ3n) is 7.48. The lowest BCUT2D eigenvalue weighted by molar-refractivity contribution is 0.640. The summed E-state index contributed by atoms with van der Waals surface area (Å²) in [6, 6.07) is 51.6. The van der Waals surface area contributed by atoms with Crippen LogP contribution in [0.2, 0.25) is 0 Å². The van der Waals surface area contributed by atoms with E-state index in [0.717, 1.165) is 0 Å². The first-order valence-corrected chi connectivity index (χ1v) is 17.4. The molecular weight excluding hydrogens is 573 g/mol. The number of hydrogen-bond donors (Lipinski definition) is 0. The molecule has 0 radical (unpaired) electrons. The van der Waals surface area contributed by atoms with Gasteiger partial charge in [-0.2, -0.15) is 0 Å². The molecule has 6 rings (SSSR count). The molecule has 0 saturated carbocycles. The second-order valence-corrected chi connectivity index (χ2v) is 12.6. The smallest absolute Gasteiger partial charge is 0.0146 e. The second-order valence-electron chi connectivity index (χ2n) is 11.4. The highest BCUT2D eigenvalue weighted by Gasteiger charge is 2.22. The summed E-state index contributed by atoms with van der Waals surface area (Å²) in [5.74, 6) is 0. The summed E-state index contributed by atoms with van der Waals surface area (Å²) < 4.78 is 0. The first-order valence-electron chi connectivity index (χ1n) is 16.6. The maximum absolute atomic E-state index is 2.28. The van der Waals surface area contributed by atoms with Crippen LogP contribution in [0.4, 0.5) is 0 Å².